The van der Waals surface area contributed by atoms with Gasteiger partial charge in [-0.15, -0.1) is 0 Å². The summed E-state index contributed by atoms with van der Waals surface area (Å²) in [5.41, 5.74) is 6.77. The van der Waals surface area contributed by atoms with E-state index in [1.54, 1.807) is 0 Å². The summed E-state index contributed by atoms with van der Waals surface area (Å²) in [6.45, 7) is 11.5. The number of hydrogen-bond donors (Lipinski definition) is 1. The van der Waals surface area contributed by atoms with E-state index in [9.17, 15) is 0 Å². The quantitative estimate of drug-likeness (QED) is 0.753. The summed E-state index contributed by atoms with van der Waals surface area (Å²) < 4.78 is 7.25. The Morgan fingerprint density at radius 3 is 2.59 bits per heavy atom. The van der Waals surface area contributed by atoms with E-state index in [0.29, 0.717) is 22.4 Å². The van der Waals surface area contributed by atoms with Gasteiger partial charge in [0.05, 0.1) is 11.9 Å². The Kier molecular flexibility index (Phi) is 5.34. The van der Waals surface area contributed by atoms with Gasteiger partial charge in [0.15, 0.2) is 14.1 Å². The SMILES string of the molecule is CC(C)(C)[Si](C)(C)O[C@@H]1CCC[C@H](c2cnc(N)c(Br)n2)C1. The highest BCUT2D eigenvalue weighted by Gasteiger charge is 2.40. The van der Waals surface area contributed by atoms with Gasteiger partial charge in [0.1, 0.15) is 4.60 Å². The predicted octanol–water partition coefficient (Wildman–Crippen LogP) is 4.87. The normalized spacial score (nSPS) is 23.5. The van der Waals surface area contributed by atoms with Crippen molar-refractivity contribution >= 4 is 30.1 Å². The minimum atomic E-state index is -1.71. The topological polar surface area (TPSA) is 61.0 Å². The Balaban J connectivity index is 2.07. The fourth-order valence-electron chi connectivity index (χ4n) is 2.70. The lowest BCUT2D eigenvalue weighted by Gasteiger charge is -2.41. The lowest BCUT2D eigenvalue weighted by atomic mass is 9.85. The number of rotatable bonds is 3. The third-order valence-electron chi connectivity index (χ3n) is 5.09. The number of anilines is 1. The molecular weight excluding hydrogens is 358 g/mol. The molecule has 1 fully saturated rings. The fourth-order valence-corrected chi connectivity index (χ4v) is 4.41. The lowest BCUT2D eigenvalue weighted by Crippen LogP contribution is -2.44. The van der Waals surface area contributed by atoms with Crippen LogP contribution in [-0.4, -0.2) is 24.4 Å². The zero-order valence-electron chi connectivity index (χ0n) is 14.3. The first-order valence-electron chi connectivity index (χ1n) is 8.06. The van der Waals surface area contributed by atoms with Gasteiger partial charge in [-0.3, -0.25) is 0 Å². The van der Waals surface area contributed by atoms with E-state index in [4.69, 9.17) is 10.2 Å². The van der Waals surface area contributed by atoms with Gasteiger partial charge in [0.2, 0.25) is 0 Å². The number of nitrogens with two attached hydrogens (primary N) is 1. The fraction of sp³-hybridized carbons (Fsp3) is 0.750. The molecular formula is C16H28BrN3OSi. The molecule has 0 aliphatic heterocycles. The first-order chi connectivity index (χ1) is 10.1. The molecule has 0 amide bonds. The van der Waals surface area contributed by atoms with Crippen LogP contribution < -0.4 is 5.73 Å². The maximum Gasteiger partial charge on any atom is 0.192 e. The lowest BCUT2D eigenvalue weighted by molar-refractivity contribution is 0.126. The molecule has 2 atom stereocenters. The molecule has 1 aromatic heterocycles. The van der Waals surface area contributed by atoms with Gasteiger partial charge in [-0.25, -0.2) is 9.97 Å². The van der Waals surface area contributed by atoms with Crippen LogP contribution in [0.3, 0.4) is 0 Å². The van der Waals surface area contributed by atoms with Crippen LogP contribution in [0, 0.1) is 0 Å². The Hall–Kier alpha value is -0.463. The number of hydrogen-bond acceptors (Lipinski definition) is 4. The van der Waals surface area contributed by atoms with Gasteiger partial charge in [0, 0.05) is 12.0 Å². The second kappa shape index (κ2) is 6.57. The van der Waals surface area contributed by atoms with Crippen LogP contribution in [0.1, 0.15) is 58.1 Å². The van der Waals surface area contributed by atoms with Crippen LogP contribution >= 0.6 is 15.9 Å². The third-order valence-corrected chi connectivity index (χ3v) is 10.2. The third kappa shape index (κ3) is 4.09. The molecule has 2 N–H and O–H groups in total. The van der Waals surface area contributed by atoms with Crippen LogP contribution in [0.25, 0.3) is 0 Å². The summed E-state index contributed by atoms with van der Waals surface area (Å²) in [6, 6.07) is 0. The number of nitrogen functional groups attached to an aromatic ring is 1. The largest absolute Gasteiger partial charge is 0.414 e. The van der Waals surface area contributed by atoms with Crippen LogP contribution in [0.2, 0.25) is 18.1 Å². The molecule has 1 aromatic rings. The van der Waals surface area contributed by atoms with E-state index in [1.165, 1.54) is 6.42 Å². The summed E-state index contributed by atoms with van der Waals surface area (Å²) in [5, 5.41) is 0.254. The number of nitrogens with zero attached hydrogens (tertiary/aromatic N) is 2. The monoisotopic (exact) mass is 385 g/mol. The van der Waals surface area contributed by atoms with Crippen molar-refractivity contribution in [3.8, 4) is 0 Å². The molecule has 0 spiro atoms. The second-order valence-corrected chi connectivity index (χ2v) is 13.3. The average molecular weight is 386 g/mol. The Bertz CT molecular complexity index is 531. The van der Waals surface area contributed by atoms with Crippen LogP contribution in [0.5, 0.6) is 0 Å². The zero-order valence-corrected chi connectivity index (χ0v) is 16.9. The smallest absolute Gasteiger partial charge is 0.192 e. The molecule has 0 saturated heterocycles. The Morgan fingerprint density at radius 2 is 2.00 bits per heavy atom. The molecule has 1 heterocycles. The van der Waals surface area contributed by atoms with E-state index in [-0.39, 0.29) is 5.04 Å². The van der Waals surface area contributed by atoms with E-state index in [2.05, 4.69) is 59.8 Å². The van der Waals surface area contributed by atoms with E-state index in [0.717, 1.165) is 25.0 Å². The van der Waals surface area contributed by atoms with Crippen molar-refractivity contribution in [2.24, 2.45) is 0 Å². The zero-order chi connectivity index (χ0) is 16.5. The highest BCUT2D eigenvalue weighted by atomic mass is 79.9. The van der Waals surface area contributed by atoms with Crippen molar-refractivity contribution in [2.45, 2.75) is 76.6 Å². The van der Waals surface area contributed by atoms with E-state index >= 15 is 0 Å². The molecule has 1 aliphatic carbocycles. The first-order valence-corrected chi connectivity index (χ1v) is 11.8. The standard InChI is InChI=1S/C16H28BrN3OSi/c1-16(2,3)22(4,5)21-12-8-6-7-11(9-12)13-10-19-15(18)14(17)20-13/h10-12H,6-9H2,1-5H3,(H2,18,19)/t11-,12+/m0/s1. The van der Waals surface area contributed by atoms with Crippen LogP contribution in [0.4, 0.5) is 5.82 Å². The summed E-state index contributed by atoms with van der Waals surface area (Å²) in [5.74, 6) is 0.876. The molecule has 1 saturated carbocycles. The van der Waals surface area contributed by atoms with Gasteiger partial charge in [-0.2, -0.15) is 0 Å². The second-order valence-electron chi connectivity index (χ2n) is 7.83. The number of aromatic nitrogens is 2. The molecule has 0 bridgehead atoms. The van der Waals surface area contributed by atoms with Crippen molar-refractivity contribution in [3.63, 3.8) is 0 Å². The molecule has 6 heteroatoms. The van der Waals surface area contributed by atoms with Crippen LogP contribution in [-0.2, 0) is 4.43 Å². The summed E-state index contributed by atoms with van der Waals surface area (Å²) in [6.07, 6.45) is 6.71. The van der Waals surface area contributed by atoms with E-state index in [1.807, 2.05) is 6.20 Å². The summed E-state index contributed by atoms with van der Waals surface area (Å²) in [4.78, 5) is 8.79. The van der Waals surface area contributed by atoms with Crippen molar-refractivity contribution < 1.29 is 4.43 Å². The van der Waals surface area contributed by atoms with Crippen molar-refractivity contribution in [2.75, 3.05) is 5.73 Å². The molecule has 124 valence electrons. The molecule has 0 aromatic carbocycles. The minimum Gasteiger partial charge on any atom is -0.414 e. The molecule has 0 unspecified atom stereocenters. The van der Waals surface area contributed by atoms with Crippen molar-refractivity contribution in [1.82, 2.24) is 9.97 Å². The number of halogens is 1. The maximum atomic E-state index is 6.60. The van der Waals surface area contributed by atoms with Gasteiger partial charge in [-0.1, -0.05) is 27.2 Å². The summed E-state index contributed by atoms with van der Waals surface area (Å²) in [7, 11) is -1.71. The van der Waals surface area contributed by atoms with E-state index < -0.39 is 8.32 Å². The molecule has 22 heavy (non-hydrogen) atoms. The van der Waals surface area contributed by atoms with Crippen LogP contribution in [0.15, 0.2) is 10.8 Å². The highest BCUT2D eigenvalue weighted by Crippen LogP contribution is 2.41. The predicted molar refractivity (Wildman–Crippen MR) is 97.4 cm³/mol. The first kappa shape index (κ1) is 17.9. The van der Waals surface area contributed by atoms with Gasteiger partial charge < -0.3 is 10.2 Å². The van der Waals surface area contributed by atoms with Gasteiger partial charge in [-0.05, 0) is 53.3 Å². The molecule has 1 aliphatic rings. The van der Waals surface area contributed by atoms with Crippen molar-refractivity contribution in [3.05, 3.63) is 16.5 Å². The molecule has 4 nitrogen and oxygen atoms in total. The molecule has 0 radical (unpaired) electrons. The molecule has 2 rings (SSSR count). The maximum absolute atomic E-state index is 6.60. The highest BCUT2D eigenvalue weighted by molar-refractivity contribution is 9.10. The average Bonchev–Trinajstić information content (AvgIpc) is 2.40. The van der Waals surface area contributed by atoms with Gasteiger partial charge >= 0.3 is 0 Å². The van der Waals surface area contributed by atoms with Crippen molar-refractivity contribution in [1.29, 1.82) is 0 Å². The minimum absolute atomic E-state index is 0.254. The summed E-state index contributed by atoms with van der Waals surface area (Å²) >= 11 is 3.38. The Labute approximate surface area is 143 Å². The Morgan fingerprint density at radius 1 is 1.32 bits per heavy atom. The van der Waals surface area contributed by atoms with Gasteiger partial charge in [0.25, 0.3) is 0 Å².